The molecule has 0 saturated carbocycles. The molecule has 0 unspecified atom stereocenters. The second kappa shape index (κ2) is 9.82. The van der Waals surface area contributed by atoms with Gasteiger partial charge in [0.2, 0.25) is 11.9 Å². The number of ether oxygens (including phenoxy) is 1. The predicted octanol–water partition coefficient (Wildman–Crippen LogP) is 4.64. The number of rotatable bonds is 8. The first kappa shape index (κ1) is 22.5. The van der Waals surface area contributed by atoms with Crippen molar-refractivity contribution < 1.29 is 13.9 Å². The number of amides is 1. The van der Waals surface area contributed by atoms with E-state index in [-0.39, 0.29) is 5.91 Å². The van der Waals surface area contributed by atoms with Crippen LogP contribution < -0.4 is 20.7 Å². The van der Waals surface area contributed by atoms with E-state index in [1.54, 1.807) is 54.6 Å². The molecule has 0 atom stereocenters. The van der Waals surface area contributed by atoms with Gasteiger partial charge in [0.15, 0.2) is 0 Å². The molecule has 10 heteroatoms. The molecule has 0 aliphatic rings. The summed E-state index contributed by atoms with van der Waals surface area (Å²) in [7, 11) is 3.27. The first-order chi connectivity index (χ1) is 16.4. The van der Waals surface area contributed by atoms with E-state index in [4.69, 9.17) is 4.74 Å². The van der Waals surface area contributed by atoms with Gasteiger partial charge in [-0.15, -0.1) is 0 Å². The van der Waals surface area contributed by atoms with E-state index >= 15 is 0 Å². The molecule has 2 aromatic carbocycles. The summed E-state index contributed by atoms with van der Waals surface area (Å²) in [6, 6.07) is 11.5. The van der Waals surface area contributed by atoms with Crippen molar-refractivity contribution in [2.75, 3.05) is 23.1 Å². The number of carbonyl (C=O) groups is 1. The number of carbonyl (C=O) groups excluding carboxylic acids is 1. The number of anilines is 5. The van der Waals surface area contributed by atoms with Gasteiger partial charge in [-0.2, -0.15) is 10.1 Å². The number of hydrogen-bond acceptors (Lipinski definition) is 7. The van der Waals surface area contributed by atoms with Crippen LogP contribution in [-0.4, -0.2) is 32.8 Å². The predicted molar refractivity (Wildman–Crippen MR) is 129 cm³/mol. The number of aryl methyl sites for hydroxylation is 1. The van der Waals surface area contributed by atoms with Crippen LogP contribution in [0.2, 0.25) is 0 Å². The first-order valence-electron chi connectivity index (χ1n) is 10.2. The van der Waals surface area contributed by atoms with Gasteiger partial charge in [0, 0.05) is 42.4 Å². The molecule has 3 N–H and O–H groups in total. The van der Waals surface area contributed by atoms with Gasteiger partial charge >= 0.3 is 0 Å². The maximum Gasteiger partial charge on any atom is 0.247 e. The molecular formula is C24H22FN7O2. The first-order valence-corrected chi connectivity index (χ1v) is 10.2. The Morgan fingerprint density at radius 1 is 1.12 bits per heavy atom. The lowest BCUT2D eigenvalue weighted by molar-refractivity contribution is -0.111. The molecule has 2 heterocycles. The summed E-state index contributed by atoms with van der Waals surface area (Å²) in [5, 5.41) is 13.2. The van der Waals surface area contributed by atoms with Crippen molar-refractivity contribution in [3.05, 3.63) is 79.5 Å². The Kier molecular flexibility index (Phi) is 6.49. The van der Waals surface area contributed by atoms with Crippen molar-refractivity contribution in [3.63, 3.8) is 0 Å². The molecule has 0 bridgehead atoms. The lowest BCUT2D eigenvalue weighted by Gasteiger charge is -2.14. The fraction of sp³-hybridized carbons (Fsp3) is 0.0833. The Hall–Kier alpha value is -4.73. The van der Waals surface area contributed by atoms with Crippen LogP contribution in [-0.2, 0) is 11.8 Å². The Labute approximate surface area is 195 Å². The highest BCUT2D eigenvalue weighted by molar-refractivity contribution is 5.99. The molecule has 172 valence electrons. The maximum atomic E-state index is 14.2. The lowest BCUT2D eigenvalue weighted by atomic mass is 10.1. The summed E-state index contributed by atoms with van der Waals surface area (Å²) in [5.41, 5.74) is 3.02. The van der Waals surface area contributed by atoms with Crippen LogP contribution in [0.5, 0.6) is 5.75 Å². The van der Waals surface area contributed by atoms with Gasteiger partial charge in [-0.3, -0.25) is 9.48 Å². The van der Waals surface area contributed by atoms with E-state index in [1.807, 2.05) is 6.07 Å². The minimum Gasteiger partial charge on any atom is -0.497 e. The molecule has 0 saturated heterocycles. The fourth-order valence-corrected chi connectivity index (χ4v) is 3.20. The van der Waals surface area contributed by atoms with Crippen LogP contribution in [0.25, 0.3) is 11.1 Å². The second-order valence-electron chi connectivity index (χ2n) is 7.26. The number of hydrogen-bond donors (Lipinski definition) is 3. The zero-order valence-corrected chi connectivity index (χ0v) is 18.5. The molecule has 4 rings (SSSR count). The second-order valence-corrected chi connectivity index (χ2v) is 7.26. The summed E-state index contributed by atoms with van der Waals surface area (Å²) in [6.07, 6.45) is 6.21. The quantitative estimate of drug-likeness (QED) is 0.330. The molecule has 0 aliphatic heterocycles. The summed E-state index contributed by atoms with van der Waals surface area (Å²) in [4.78, 5) is 20.7. The highest BCUT2D eigenvalue weighted by Gasteiger charge is 2.14. The number of nitrogens with zero attached hydrogens (tertiary/aromatic N) is 4. The number of halogens is 1. The summed E-state index contributed by atoms with van der Waals surface area (Å²) >= 11 is 0. The van der Waals surface area contributed by atoms with Gasteiger partial charge in [-0.05, 0) is 42.0 Å². The SMILES string of the molecule is C=CC(=O)Nc1cccc(Nc2nc(Nc3cnn(C)c3)ncc2-c2cc(F)cc(OC)c2)c1. The van der Waals surface area contributed by atoms with E-state index < -0.39 is 5.82 Å². The normalized spacial score (nSPS) is 10.4. The van der Waals surface area contributed by atoms with E-state index in [0.29, 0.717) is 45.7 Å². The van der Waals surface area contributed by atoms with E-state index in [2.05, 4.69) is 37.6 Å². The largest absolute Gasteiger partial charge is 0.497 e. The zero-order valence-electron chi connectivity index (χ0n) is 18.5. The molecule has 0 aliphatic carbocycles. The Morgan fingerprint density at radius 3 is 2.68 bits per heavy atom. The van der Waals surface area contributed by atoms with Gasteiger partial charge in [-0.1, -0.05) is 12.6 Å². The Bertz CT molecular complexity index is 1350. The zero-order chi connectivity index (χ0) is 24.1. The molecule has 0 spiro atoms. The molecule has 0 radical (unpaired) electrons. The molecule has 9 nitrogen and oxygen atoms in total. The minimum absolute atomic E-state index is 0.318. The smallest absolute Gasteiger partial charge is 0.247 e. The van der Waals surface area contributed by atoms with E-state index in [1.165, 1.54) is 25.3 Å². The van der Waals surface area contributed by atoms with Gasteiger partial charge in [-0.25, -0.2) is 9.37 Å². The topological polar surface area (TPSA) is 106 Å². The molecule has 34 heavy (non-hydrogen) atoms. The number of benzene rings is 2. The van der Waals surface area contributed by atoms with Crippen LogP contribution in [0, 0.1) is 5.82 Å². The van der Waals surface area contributed by atoms with E-state index in [9.17, 15) is 9.18 Å². The Balaban J connectivity index is 1.73. The molecular weight excluding hydrogens is 437 g/mol. The van der Waals surface area contributed by atoms with Crippen molar-refractivity contribution in [2.24, 2.45) is 7.05 Å². The van der Waals surface area contributed by atoms with Crippen LogP contribution in [0.1, 0.15) is 0 Å². The van der Waals surface area contributed by atoms with Crippen molar-refractivity contribution in [1.82, 2.24) is 19.7 Å². The highest BCUT2D eigenvalue weighted by atomic mass is 19.1. The standard InChI is InChI=1S/C24H22FN7O2/c1-4-22(33)28-17-6-5-7-18(11-17)29-23-21(15-8-16(25)10-20(9-15)34-3)13-26-24(31-23)30-19-12-27-32(2)14-19/h4-14H,1H2,2-3H3,(H,28,33)(H2,26,29,30,31). The van der Waals surface area contributed by atoms with Gasteiger partial charge < -0.3 is 20.7 Å². The highest BCUT2D eigenvalue weighted by Crippen LogP contribution is 2.33. The van der Waals surface area contributed by atoms with E-state index in [0.717, 1.165) is 0 Å². The Morgan fingerprint density at radius 2 is 1.94 bits per heavy atom. The molecule has 4 aromatic rings. The third-order valence-electron chi connectivity index (χ3n) is 4.75. The third kappa shape index (κ3) is 5.36. The number of nitrogens with one attached hydrogen (secondary N) is 3. The van der Waals surface area contributed by atoms with Gasteiger partial charge in [0.25, 0.3) is 0 Å². The van der Waals surface area contributed by atoms with Gasteiger partial charge in [0.05, 0.1) is 19.0 Å². The maximum absolute atomic E-state index is 14.2. The molecule has 0 fully saturated rings. The van der Waals surface area contributed by atoms with Crippen LogP contribution >= 0.6 is 0 Å². The minimum atomic E-state index is -0.452. The summed E-state index contributed by atoms with van der Waals surface area (Å²) in [6.45, 7) is 3.46. The third-order valence-corrected chi connectivity index (χ3v) is 4.75. The number of methoxy groups -OCH3 is 1. The summed E-state index contributed by atoms with van der Waals surface area (Å²) < 4.78 is 21.1. The molecule has 1 amide bonds. The lowest BCUT2D eigenvalue weighted by Crippen LogP contribution is -2.07. The van der Waals surface area contributed by atoms with Gasteiger partial charge in [0.1, 0.15) is 17.4 Å². The van der Waals surface area contributed by atoms with Crippen molar-refractivity contribution in [2.45, 2.75) is 0 Å². The number of aromatic nitrogens is 4. The van der Waals surface area contributed by atoms with Crippen molar-refractivity contribution >= 4 is 34.7 Å². The fourth-order valence-electron chi connectivity index (χ4n) is 3.20. The van der Waals surface area contributed by atoms with Crippen LogP contribution in [0.3, 0.4) is 0 Å². The van der Waals surface area contributed by atoms with Crippen LogP contribution in [0.4, 0.5) is 33.2 Å². The average Bonchev–Trinajstić information content (AvgIpc) is 3.23. The van der Waals surface area contributed by atoms with Crippen LogP contribution in [0.15, 0.2) is 73.7 Å². The monoisotopic (exact) mass is 459 g/mol. The van der Waals surface area contributed by atoms with Crippen molar-refractivity contribution in [1.29, 1.82) is 0 Å². The van der Waals surface area contributed by atoms with Crippen molar-refractivity contribution in [3.8, 4) is 16.9 Å². The summed E-state index contributed by atoms with van der Waals surface area (Å²) in [5.74, 6) is 0.328. The average molecular weight is 459 g/mol. The molecule has 2 aromatic heterocycles.